The average Bonchev–Trinajstić information content (AvgIpc) is 1.69. The molecule has 3 aliphatic carbocycles. The maximum atomic E-state index is 7.31. The van der Waals surface area contributed by atoms with Gasteiger partial charge in [0.1, 0.15) is 22.3 Å². The molecular weight excluding hydrogens is 1030 g/mol. The first kappa shape index (κ1) is 52.2. The lowest BCUT2D eigenvalue weighted by Crippen LogP contribution is -2.62. The summed E-state index contributed by atoms with van der Waals surface area (Å²) in [7, 11) is 0. The SMILES string of the molecule is CC(C)(C)c1ccc2c(c1)C1(C)CCCCC1(C)N2c1cc2c3c(c1)N1c4c(ccc5oc6ccc(cc6c45)C(C)(C)c4ccc1c1c4oc4ccccc41)B3c1cc3c(cc1N2c1ccc2c(c1)C(C)(C)CCC2(C)C)C(C)(C)CCC3(C)C. The Kier molecular flexibility index (Phi) is 9.98. The van der Waals surface area contributed by atoms with Crippen LogP contribution in [0.25, 0.3) is 43.9 Å². The van der Waals surface area contributed by atoms with Gasteiger partial charge in [0.25, 0.3) is 6.71 Å². The zero-order chi connectivity index (χ0) is 58.8. The second kappa shape index (κ2) is 16.3. The van der Waals surface area contributed by atoms with Crippen molar-refractivity contribution in [1.82, 2.24) is 0 Å². The Labute approximate surface area is 503 Å². The third-order valence-electron chi connectivity index (χ3n) is 24.1. The fourth-order valence-electron chi connectivity index (χ4n) is 18.4. The molecular formula is C79H82BN3O2. The molecule has 5 aliphatic heterocycles. The van der Waals surface area contributed by atoms with Crippen LogP contribution in [0.5, 0.6) is 0 Å². The number of hydrogen-bond acceptors (Lipinski definition) is 5. The maximum absolute atomic E-state index is 7.31. The number of rotatable bonds is 2. The largest absolute Gasteiger partial charge is 0.456 e. The van der Waals surface area contributed by atoms with E-state index in [9.17, 15) is 0 Å². The summed E-state index contributed by atoms with van der Waals surface area (Å²) in [4.78, 5) is 8.36. The molecule has 0 N–H and O–H groups in total. The fraction of sp³-hybridized carbons (Fsp3) is 0.392. The number of fused-ring (bicyclic) bond motifs is 10. The zero-order valence-corrected chi connectivity index (χ0v) is 53.0. The quantitative estimate of drug-likeness (QED) is 0.161. The molecule has 2 unspecified atom stereocenters. The topological polar surface area (TPSA) is 36.0 Å². The van der Waals surface area contributed by atoms with Gasteiger partial charge in [-0.05, 0) is 195 Å². The molecule has 2 aromatic heterocycles. The van der Waals surface area contributed by atoms with E-state index in [0.29, 0.717) is 0 Å². The molecule has 0 radical (unpaired) electrons. The van der Waals surface area contributed by atoms with Gasteiger partial charge in [0.15, 0.2) is 0 Å². The summed E-state index contributed by atoms with van der Waals surface area (Å²) in [5.41, 5.74) is 28.3. The summed E-state index contributed by atoms with van der Waals surface area (Å²) in [5.74, 6) is 0. The fourth-order valence-corrected chi connectivity index (χ4v) is 18.4. The lowest BCUT2D eigenvalue weighted by atomic mass is 9.33. The van der Waals surface area contributed by atoms with Crippen LogP contribution in [0.3, 0.4) is 0 Å². The van der Waals surface area contributed by atoms with E-state index in [1.807, 2.05) is 0 Å². The van der Waals surface area contributed by atoms with Crippen LogP contribution in [0.2, 0.25) is 0 Å². The van der Waals surface area contributed by atoms with Crippen LogP contribution in [-0.4, -0.2) is 12.3 Å². The minimum atomic E-state index is -0.408. The van der Waals surface area contributed by atoms with Crippen molar-refractivity contribution in [2.75, 3.05) is 14.7 Å². The Morgan fingerprint density at radius 3 is 1.81 bits per heavy atom. The summed E-state index contributed by atoms with van der Waals surface area (Å²) in [6.07, 6.45) is 9.29. The predicted molar refractivity (Wildman–Crippen MR) is 359 cm³/mol. The van der Waals surface area contributed by atoms with Crippen molar-refractivity contribution in [3.05, 3.63) is 172 Å². The van der Waals surface area contributed by atoms with Gasteiger partial charge >= 0.3 is 0 Å². The molecule has 5 nitrogen and oxygen atoms in total. The standard InChI is InChI=1S/C79H82BN3O2/c1-72(2,3)45-22-28-59-56(39-45)78(14)32-18-19-33-79(78,15)83(59)48-41-62-69-63(42-48)82-60-29-26-52(71-67(60)49-20-16-17-21-64(49)85-71)77(12,13)46-23-30-65-50(38-46)68-66(84-65)31-27-57(70(68)82)80(69)58-43-54-55(76(10,11)37-36-75(54,8)9)44-61(58)81(62)47-24-25-51-53(40-47)74(6,7)35-34-73(51,4)5/h16-17,20-31,38-44H,18-19,32-37H2,1-15H3. The van der Waals surface area contributed by atoms with E-state index in [4.69, 9.17) is 8.83 Å². The van der Waals surface area contributed by atoms with Gasteiger partial charge in [0.2, 0.25) is 0 Å². The molecule has 1 saturated carbocycles. The zero-order valence-electron chi connectivity index (χ0n) is 53.0. The second-order valence-electron chi connectivity index (χ2n) is 32.1. The first-order valence-electron chi connectivity index (χ1n) is 32.2. The number of anilines is 8. The van der Waals surface area contributed by atoms with Crippen molar-refractivity contribution in [3.63, 3.8) is 0 Å². The van der Waals surface area contributed by atoms with E-state index in [0.717, 1.165) is 76.3 Å². The maximum Gasteiger partial charge on any atom is 0.252 e. The first-order valence-corrected chi connectivity index (χ1v) is 32.2. The van der Waals surface area contributed by atoms with Crippen LogP contribution in [0, 0.1) is 0 Å². The minimum Gasteiger partial charge on any atom is -0.456 e. The Morgan fingerprint density at radius 2 is 1.07 bits per heavy atom. The lowest BCUT2D eigenvalue weighted by Gasteiger charge is -2.51. The molecule has 18 rings (SSSR count). The van der Waals surface area contributed by atoms with Crippen molar-refractivity contribution in [2.45, 2.75) is 199 Å². The Bertz CT molecular complexity index is 4650. The van der Waals surface area contributed by atoms with Gasteiger partial charge in [0, 0.05) is 61.3 Å². The molecule has 0 saturated heterocycles. The van der Waals surface area contributed by atoms with Gasteiger partial charge < -0.3 is 23.5 Å². The number of benzene rings is 8. The number of para-hydroxylation sites is 1. The van der Waals surface area contributed by atoms with Crippen molar-refractivity contribution in [1.29, 1.82) is 0 Å². The summed E-state index contributed by atoms with van der Waals surface area (Å²) in [5, 5.41) is 4.61. The Balaban J connectivity index is 1.07. The molecule has 6 heteroatoms. The van der Waals surface area contributed by atoms with Crippen LogP contribution in [-0.2, 0) is 37.9 Å². The van der Waals surface area contributed by atoms with Gasteiger partial charge in [0.05, 0.1) is 27.7 Å². The van der Waals surface area contributed by atoms with E-state index in [1.54, 1.807) is 0 Å². The molecule has 0 amide bonds. The van der Waals surface area contributed by atoms with Crippen molar-refractivity contribution in [2.24, 2.45) is 0 Å². The average molecular weight is 1120 g/mol. The second-order valence-corrected chi connectivity index (χ2v) is 32.1. The van der Waals surface area contributed by atoms with E-state index in [2.05, 4.69) is 246 Å². The molecule has 85 heavy (non-hydrogen) atoms. The molecule has 2 atom stereocenters. The highest BCUT2D eigenvalue weighted by Crippen LogP contribution is 2.64. The molecule has 7 heterocycles. The molecule has 428 valence electrons. The summed E-state index contributed by atoms with van der Waals surface area (Å²) in [6.45, 7) is 37.0. The van der Waals surface area contributed by atoms with Crippen molar-refractivity contribution >= 4 is 112 Å². The van der Waals surface area contributed by atoms with Gasteiger partial charge in [-0.15, -0.1) is 0 Å². The van der Waals surface area contributed by atoms with E-state index in [-0.39, 0.29) is 44.7 Å². The van der Waals surface area contributed by atoms with Crippen molar-refractivity contribution < 1.29 is 8.83 Å². The van der Waals surface area contributed by atoms with Gasteiger partial charge in [-0.25, -0.2) is 0 Å². The summed E-state index contributed by atoms with van der Waals surface area (Å²) >= 11 is 0. The highest BCUT2D eigenvalue weighted by molar-refractivity contribution is 7.00. The number of hydrogen-bond donors (Lipinski definition) is 0. The van der Waals surface area contributed by atoms with Crippen LogP contribution < -0.4 is 31.1 Å². The number of nitrogens with zero attached hydrogens (tertiary/aromatic N) is 3. The van der Waals surface area contributed by atoms with E-state index < -0.39 is 5.41 Å². The monoisotopic (exact) mass is 1120 g/mol. The molecule has 4 bridgehead atoms. The van der Waals surface area contributed by atoms with E-state index >= 15 is 0 Å². The molecule has 1 fully saturated rings. The smallest absolute Gasteiger partial charge is 0.252 e. The predicted octanol–water partition coefficient (Wildman–Crippen LogP) is 19.9. The minimum absolute atomic E-state index is 0.00781. The highest BCUT2D eigenvalue weighted by atomic mass is 16.3. The third-order valence-corrected chi connectivity index (χ3v) is 24.1. The number of furan rings is 2. The summed E-state index contributed by atoms with van der Waals surface area (Å²) in [6, 6.07) is 51.4. The van der Waals surface area contributed by atoms with Gasteiger partial charge in [-0.3, -0.25) is 0 Å². The molecule has 8 aliphatic rings. The Morgan fingerprint density at radius 1 is 0.435 bits per heavy atom. The van der Waals surface area contributed by atoms with Crippen molar-refractivity contribution in [3.8, 4) is 0 Å². The van der Waals surface area contributed by atoms with E-state index in [1.165, 1.54) is 125 Å². The molecule has 10 aromatic rings. The van der Waals surface area contributed by atoms with Crippen LogP contribution >= 0.6 is 0 Å². The highest BCUT2D eigenvalue weighted by Gasteiger charge is 2.59. The van der Waals surface area contributed by atoms with Crippen LogP contribution in [0.4, 0.5) is 45.5 Å². The van der Waals surface area contributed by atoms with Gasteiger partial charge in [-0.2, -0.15) is 0 Å². The Hall–Kier alpha value is -7.18. The lowest BCUT2D eigenvalue weighted by molar-refractivity contribution is 0.195. The molecule has 8 aromatic carbocycles. The summed E-state index contributed by atoms with van der Waals surface area (Å²) < 4.78 is 14.4. The molecule has 0 spiro atoms. The third kappa shape index (κ3) is 6.62. The normalized spacial score (nSPS) is 23.1. The van der Waals surface area contributed by atoms with Crippen LogP contribution in [0.15, 0.2) is 136 Å². The van der Waals surface area contributed by atoms with Gasteiger partial charge in [-0.1, -0.05) is 170 Å². The first-order chi connectivity index (χ1) is 40.2. The van der Waals surface area contributed by atoms with Crippen LogP contribution in [0.1, 0.15) is 200 Å².